The molecule has 2 heterocycles. The van der Waals surface area contributed by atoms with E-state index in [1.54, 1.807) is 0 Å². The zero-order valence-corrected chi connectivity index (χ0v) is 13.6. The minimum Gasteiger partial charge on any atom is -0.395 e. The molecule has 1 aromatic rings. The Balaban J connectivity index is 2.17. The van der Waals surface area contributed by atoms with Gasteiger partial charge in [0.15, 0.2) is 5.78 Å². The number of hydrogen-bond donors (Lipinski definition) is 2. The van der Waals surface area contributed by atoms with Gasteiger partial charge in [0.2, 0.25) is 0 Å². The number of ketones is 1. The minimum absolute atomic E-state index is 0.00239. The average molecular weight is 307 g/mol. The molecule has 0 saturated carbocycles. The van der Waals surface area contributed by atoms with E-state index in [4.69, 9.17) is 5.11 Å². The monoisotopic (exact) mass is 307 g/mol. The van der Waals surface area contributed by atoms with E-state index in [1.165, 1.54) is 6.92 Å². The summed E-state index contributed by atoms with van der Waals surface area (Å²) in [7, 11) is 0. The lowest BCUT2D eigenvalue weighted by Gasteiger charge is -2.34. The first-order chi connectivity index (χ1) is 10.5. The summed E-state index contributed by atoms with van der Waals surface area (Å²) >= 11 is 0. The average Bonchev–Trinajstić information content (AvgIpc) is 2.84. The number of aryl methyl sites for hydroxylation is 1. The summed E-state index contributed by atoms with van der Waals surface area (Å²) in [6.45, 7) is 8.98. The molecule has 0 aliphatic carbocycles. The summed E-state index contributed by atoms with van der Waals surface area (Å²) in [5.41, 5.74) is 2.81. The lowest BCUT2D eigenvalue weighted by Crippen LogP contribution is -2.49. The number of aliphatic hydroxyl groups is 1. The van der Waals surface area contributed by atoms with E-state index in [1.807, 2.05) is 18.7 Å². The van der Waals surface area contributed by atoms with Crippen molar-refractivity contribution in [2.75, 3.05) is 39.3 Å². The van der Waals surface area contributed by atoms with Crippen LogP contribution in [0, 0.1) is 6.92 Å². The van der Waals surface area contributed by atoms with E-state index in [-0.39, 0.29) is 18.3 Å². The second-order valence-corrected chi connectivity index (χ2v) is 5.75. The Morgan fingerprint density at radius 2 is 1.86 bits per heavy atom. The maximum absolute atomic E-state index is 12.7. The van der Waals surface area contributed by atoms with Crippen molar-refractivity contribution in [2.24, 2.45) is 0 Å². The molecule has 0 spiro atoms. The van der Waals surface area contributed by atoms with Gasteiger partial charge in [-0.05, 0) is 25.8 Å². The molecule has 1 aliphatic heterocycles. The number of amides is 1. The molecular weight excluding hydrogens is 282 g/mol. The maximum Gasteiger partial charge on any atom is 0.270 e. The van der Waals surface area contributed by atoms with E-state index >= 15 is 0 Å². The van der Waals surface area contributed by atoms with Gasteiger partial charge >= 0.3 is 0 Å². The van der Waals surface area contributed by atoms with Crippen LogP contribution in [0.15, 0.2) is 0 Å². The number of hydrogen-bond acceptors (Lipinski definition) is 4. The number of nitrogens with zero attached hydrogens (tertiary/aromatic N) is 2. The van der Waals surface area contributed by atoms with E-state index in [2.05, 4.69) is 9.88 Å². The third kappa shape index (κ3) is 3.23. The zero-order valence-electron chi connectivity index (χ0n) is 13.6. The van der Waals surface area contributed by atoms with Gasteiger partial charge in [-0.25, -0.2) is 0 Å². The van der Waals surface area contributed by atoms with E-state index < -0.39 is 0 Å². The first-order valence-electron chi connectivity index (χ1n) is 7.84. The molecule has 0 aromatic carbocycles. The number of β-amino-alcohol motifs (C(OH)–C–C–N with tert-alkyl or cyclic N) is 1. The molecule has 1 aliphatic rings. The zero-order chi connectivity index (χ0) is 16.3. The fourth-order valence-electron chi connectivity index (χ4n) is 3.16. The molecule has 1 amide bonds. The summed E-state index contributed by atoms with van der Waals surface area (Å²) in [6, 6.07) is 0. The van der Waals surface area contributed by atoms with Gasteiger partial charge in [0, 0.05) is 44.0 Å². The number of aromatic nitrogens is 1. The molecule has 0 atom stereocenters. The van der Waals surface area contributed by atoms with Crippen molar-refractivity contribution in [3.05, 3.63) is 22.5 Å². The molecule has 2 N–H and O–H groups in total. The van der Waals surface area contributed by atoms with Crippen LogP contribution in [0.1, 0.15) is 46.0 Å². The van der Waals surface area contributed by atoms with Crippen molar-refractivity contribution in [3.8, 4) is 0 Å². The van der Waals surface area contributed by atoms with Crippen LogP contribution in [-0.4, -0.2) is 70.9 Å². The Morgan fingerprint density at radius 1 is 1.23 bits per heavy atom. The topological polar surface area (TPSA) is 76.6 Å². The molecule has 6 nitrogen and oxygen atoms in total. The van der Waals surface area contributed by atoms with Gasteiger partial charge in [0.25, 0.3) is 5.91 Å². The van der Waals surface area contributed by atoms with Crippen LogP contribution < -0.4 is 0 Å². The molecule has 0 unspecified atom stereocenters. The van der Waals surface area contributed by atoms with Crippen LogP contribution in [0.2, 0.25) is 0 Å². The highest BCUT2D eigenvalue weighted by molar-refractivity contribution is 6.02. The largest absolute Gasteiger partial charge is 0.395 e. The van der Waals surface area contributed by atoms with Gasteiger partial charge in [0.05, 0.1) is 6.61 Å². The Hall–Kier alpha value is -1.66. The van der Waals surface area contributed by atoms with Crippen molar-refractivity contribution < 1.29 is 14.7 Å². The lowest BCUT2D eigenvalue weighted by molar-refractivity contribution is 0.0609. The minimum atomic E-state index is -0.0314. The predicted octanol–water partition coefficient (Wildman–Crippen LogP) is 0.838. The van der Waals surface area contributed by atoms with Crippen LogP contribution in [-0.2, 0) is 6.42 Å². The van der Waals surface area contributed by atoms with Crippen molar-refractivity contribution in [2.45, 2.75) is 27.2 Å². The van der Waals surface area contributed by atoms with Gasteiger partial charge in [-0.3, -0.25) is 14.5 Å². The maximum atomic E-state index is 12.7. The highest BCUT2D eigenvalue weighted by Gasteiger charge is 2.27. The van der Waals surface area contributed by atoms with Crippen LogP contribution in [0.5, 0.6) is 0 Å². The molecule has 1 saturated heterocycles. The van der Waals surface area contributed by atoms with Gasteiger partial charge in [-0.1, -0.05) is 6.92 Å². The van der Waals surface area contributed by atoms with Crippen LogP contribution in [0.4, 0.5) is 0 Å². The van der Waals surface area contributed by atoms with Crippen molar-refractivity contribution >= 4 is 11.7 Å². The number of aliphatic hydroxyl groups excluding tert-OH is 1. The standard InChI is InChI=1S/C16H25N3O3/c1-4-13-14(12(3)21)11(2)17-15(13)16(22)19-7-5-18(6-8-19)9-10-20/h17,20H,4-10H2,1-3H3. The summed E-state index contributed by atoms with van der Waals surface area (Å²) in [6.07, 6.45) is 0.658. The van der Waals surface area contributed by atoms with E-state index in [9.17, 15) is 9.59 Å². The van der Waals surface area contributed by atoms with E-state index in [0.29, 0.717) is 37.3 Å². The van der Waals surface area contributed by atoms with Gasteiger partial charge in [0.1, 0.15) is 5.69 Å². The quantitative estimate of drug-likeness (QED) is 0.790. The SMILES string of the molecule is CCc1c(C(=O)N2CCN(CCO)CC2)[nH]c(C)c1C(C)=O. The second kappa shape index (κ2) is 7.07. The van der Waals surface area contributed by atoms with Crippen molar-refractivity contribution in [3.63, 3.8) is 0 Å². The molecule has 0 radical (unpaired) electrons. The number of piperazine rings is 1. The number of rotatable bonds is 5. The molecule has 122 valence electrons. The number of aromatic amines is 1. The molecule has 1 aromatic heterocycles. The number of H-pyrrole nitrogens is 1. The number of Topliss-reactive ketones (excluding diaryl/α,β-unsaturated/α-hetero) is 1. The van der Waals surface area contributed by atoms with Crippen molar-refractivity contribution in [1.82, 2.24) is 14.8 Å². The normalized spacial score (nSPS) is 16.1. The summed E-state index contributed by atoms with van der Waals surface area (Å²) < 4.78 is 0. The summed E-state index contributed by atoms with van der Waals surface area (Å²) in [4.78, 5) is 31.6. The predicted molar refractivity (Wildman–Crippen MR) is 84.3 cm³/mol. The lowest BCUT2D eigenvalue weighted by atomic mass is 10.0. The van der Waals surface area contributed by atoms with Gasteiger partial charge in [-0.2, -0.15) is 0 Å². The highest BCUT2D eigenvalue weighted by atomic mass is 16.3. The Bertz CT molecular complexity index is 557. The number of nitrogens with one attached hydrogen (secondary N) is 1. The van der Waals surface area contributed by atoms with Crippen LogP contribution in [0.25, 0.3) is 0 Å². The Morgan fingerprint density at radius 3 is 2.36 bits per heavy atom. The third-order valence-corrected chi connectivity index (χ3v) is 4.29. The van der Waals surface area contributed by atoms with Crippen LogP contribution in [0.3, 0.4) is 0 Å². The fourth-order valence-corrected chi connectivity index (χ4v) is 3.16. The number of carbonyl (C=O) groups is 2. The summed E-state index contributed by atoms with van der Waals surface area (Å²) in [5.74, 6) is -0.0338. The smallest absolute Gasteiger partial charge is 0.270 e. The first-order valence-corrected chi connectivity index (χ1v) is 7.84. The number of carbonyl (C=O) groups excluding carboxylic acids is 2. The van der Waals surface area contributed by atoms with Crippen LogP contribution >= 0.6 is 0 Å². The molecule has 1 fully saturated rings. The molecule has 22 heavy (non-hydrogen) atoms. The molecule has 6 heteroatoms. The highest BCUT2D eigenvalue weighted by Crippen LogP contribution is 2.22. The first kappa shape index (κ1) is 16.7. The van der Waals surface area contributed by atoms with Gasteiger partial charge < -0.3 is 15.0 Å². The second-order valence-electron chi connectivity index (χ2n) is 5.75. The Kier molecular flexibility index (Phi) is 5.37. The van der Waals surface area contributed by atoms with Crippen molar-refractivity contribution in [1.29, 1.82) is 0 Å². The Labute approximate surface area is 131 Å². The van der Waals surface area contributed by atoms with Gasteiger partial charge in [-0.15, -0.1) is 0 Å². The molecular formula is C16H25N3O3. The molecule has 0 bridgehead atoms. The van der Waals surface area contributed by atoms with E-state index in [0.717, 1.165) is 24.3 Å². The third-order valence-electron chi connectivity index (χ3n) is 4.29. The molecule has 2 rings (SSSR count). The summed E-state index contributed by atoms with van der Waals surface area (Å²) in [5, 5.41) is 8.97. The fraction of sp³-hybridized carbons (Fsp3) is 0.625.